The van der Waals surface area contributed by atoms with Crippen molar-refractivity contribution in [1.82, 2.24) is 0 Å². The number of allylic oxidation sites excluding steroid dienone is 1. The number of ether oxygens (including phenoxy) is 2. The number of carbonyl (C=O) groups is 2. The van der Waals surface area contributed by atoms with Crippen molar-refractivity contribution in [1.29, 1.82) is 0 Å². The average molecular weight is 383 g/mol. The summed E-state index contributed by atoms with van der Waals surface area (Å²) in [7, 11) is 0. The van der Waals surface area contributed by atoms with Crippen LogP contribution in [-0.4, -0.2) is 25.2 Å². The van der Waals surface area contributed by atoms with Crippen molar-refractivity contribution >= 4 is 11.9 Å². The van der Waals surface area contributed by atoms with E-state index in [1.165, 1.54) is 57.8 Å². The van der Waals surface area contributed by atoms with E-state index < -0.39 is 0 Å². The molecular weight excluding hydrogens is 340 g/mol. The van der Waals surface area contributed by atoms with Crippen LogP contribution in [0.4, 0.5) is 0 Å². The smallest absolute Gasteiger partial charge is 0.306 e. The molecule has 0 saturated heterocycles. The van der Waals surface area contributed by atoms with E-state index in [0.29, 0.717) is 19.6 Å². The molecule has 0 heterocycles. The molecule has 0 atom stereocenters. The Morgan fingerprint density at radius 1 is 0.630 bits per heavy atom. The Balaban J connectivity index is 3.39. The lowest BCUT2D eigenvalue weighted by Crippen LogP contribution is -2.08. The highest BCUT2D eigenvalue weighted by molar-refractivity contribution is 5.72. The minimum atomic E-state index is -0.244. The van der Waals surface area contributed by atoms with E-state index in [-0.39, 0.29) is 24.8 Å². The third kappa shape index (κ3) is 20.8. The van der Waals surface area contributed by atoms with Crippen LogP contribution in [0.3, 0.4) is 0 Å². The largest absolute Gasteiger partial charge is 0.466 e. The highest BCUT2D eigenvalue weighted by atomic mass is 16.5. The molecule has 0 aliphatic carbocycles. The molecule has 0 saturated carbocycles. The van der Waals surface area contributed by atoms with Crippen LogP contribution in [0.5, 0.6) is 0 Å². The van der Waals surface area contributed by atoms with Crippen LogP contribution in [0.25, 0.3) is 0 Å². The molecule has 0 aliphatic rings. The van der Waals surface area contributed by atoms with Crippen molar-refractivity contribution in [3.05, 3.63) is 12.2 Å². The maximum atomic E-state index is 11.6. The van der Waals surface area contributed by atoms with Gasteiger partial charge in [-0.3, -0.25) is 9.59 Å². The summed E-state index contributed by atoms with van der Waals surface area (Å²) in [5, 5.41) is 0. The molecule has 0 aromatic heterocycles. The summed E-state index contributed by atoms with van der Waals surface area (Å²) in [6.07, 6.45) is 19.7. The van der Waals surface area contributed by atoms with Gasteiger partial charge in [0.25, 0.3) is 0 Å². The zero-order chi connectivity index (χ0) is 20.0. The van der Waals surface area contributed by atoms with Crippen LogP contribution >= 0.6 is 0 Å². The lowest BCUT2D eigenvalue weighted by Gasteiger charge is -2.04. The molecule has 0 rings (SSSR count). The normalized spacial score (nSPS) is 11.0. The van der Waals surface area contributed by atoms with Crippen LogP contribution in [0, 0.1) is 0 Å². The van der Waals surface area contributed by atoms with Gasteiger partial charge < -0.3 is 9.47 Å². The Kier molecular flexibility index (Phi) is 20.0. The van der Waals surface area contributed by atoms with Crippen LogP contribution in [0.15, 0.2) is 12.2 Å². The van der Waals surface area contributed by atoms with Gasteiger partial charge in [0.15, 0.2) is 0 Å². The summed E-state index contributed by atoms with van der Waals surface area (Å²) < 4.78 is 10.3. The predicted molar refractivity (Wildman–Crippen MR) is 112 cm³/mol. The molecule has 27 heavy (non-hydrogen) atoms. The van der Waals surface area contributed by atoms with Gasteiger partial charge in [-0.05, 0) is 25.7 Å². The number of carbonyl (C=O) groups excluding carboxylic acids is 2. The molecule has 0 fully saturated rings. The van der Waals surface area contributed by atoms with Gasteiger partial charge in [0.05, 0.1) is 6.61 Å². The lowest BCUT2D eigenvalue weighted by atomic mass is 10.1. The molecule has 4 nitrogen and oxygen atoms in total. The molecule has 0 spiro atoms. The van der Waals surface area contributed by atoms with E-state index in [1.807, 2.05) is 6.08 Å². The first-order chi connectivity index (χ1) is 13.2. The second-order valence-electron chi connectivity index (χ2n) is 7.20. The highest BCUT2D eigenvalue weighted by Gasteiger charge is 2.06. The van der Waals surface area contributed by atoms with E-state index in [2.05, 4.69) is 19.9 Å². The van der Waals surface area contributed by atoms with Crippen molar-refractivity contribution in [2.45, 2.75) is 110 Å². The van der Waals surface area contributed by atoms with Crippen LogP contribution in [-0.2, 0) is 19.1 Å². The Morgan fingerprint density at radius 2 is 1.19 bits per heavy atom. The van der Waals surface area contributed by atoms with Gasteiger partial charge >= 0.3 is 11.9 Å². The third-order valence-electron chi connectivity index (χ3n) is 4.50. The highest BCUT2D eigenvalue weighted by Crippen LogP contribution is 2.08. The Morgan fingerprint density at radius 3 is 1.85 bits per heavy atom. The van der Waals surface area contributed by atoms with Gasteiger partial charge in [0.1, 0.15) is 6.61 Å². The SMILES string of the molecule is CCCCCCCCC/C=C/COC(=O)CCCC(=O)OCCCCCC. The van der Waals surface area contributed by atoms with Crippen molar-refractivity contribution in [3.63, 3.8) is 0 Å². The zero-order valence-corrected chi connectivity index (χ0v) is 17.8. The summed E-state index contributed by atoms with van der Waals surface area (Å²) in [4.78, 5) is 23.1. The second-order valence-corrected chi connectivity index (χ2v) is 7.20. The van der Waals surface area contributed by atoms with Crippen LogP contribution in [0.2, 0.25) is 0 Å². The first kappa shape index (κ1) is 25.7. The second kappa shape index (κ2) is 21.0. The maximum Gasteiger partial charge on any atom is 0.306 e. The zero-order valence-electron chi connectivity index (χ0n) is 17.8. The molecular formula is C23H42O4. The Labute approximate surface area is 167 Å². The summed E-state index contributed by atoms with van der Waals surface area (Å²) in [6.45, 7) is 5.21. The molecule has 0 bridgehead atoms. The van der Waals surface area contributed by atoms with Gasteiger partial charge in [0.2, 0.25) is 0 Å². The minimum absolute atomic E-state index is 0.214. The quantitative estimate of drug-likeness (QED) is 0.145. The first-order valence-electron chi connectivity index (χ1n) is 11.2. The summed E-state index contributed by atoms with van der Waals surface area (Å²) in [5.41, 5.74) is 0. The van der Waals surface area contributed by atoms with Gasteiger partial charge in [0, 0.05) is 12.8 Å². The number of unbranched alkanes of at least 4 members (excludes halogenated alkanes) is 10. The van der Waals surface area contributed by atoms with Crippen molar-refractivity contribution in [2.75, 3.05) is 13.2 Å². The number of rotatable bonds is 19. The van der Waals surface area contributed by atoms with E-state index in [4.69, 9.17) is 9.47 Å². The third-order valence-corrected chi connectivity index (χ3v) is 4.50. The Bertz CT molecular complexity index is 377. The standard InChI is InChI=1S/C23H42O4/c1-3-5-7-9-10-11-12-13-14-16-21-27-23(25)19-17-18-22(24)26-20-15-8-6-4-2/h14,16H,3-13,15,17-21H2,1-2H3/b16-14+. The monoisotopic (exact) mass is 382 g/mol. The molecule has 0 aromatic carbocycles. The molecule has 0 radical (unpaired) electrons. The van der Waals surface area contributed by atoms with Gasteiger partial charge in [-0.25, -0.2) is 0 Å². The van der Waals surface area contributed by atoms with E-state index in [0.717, 1.165) is 19.3 Å². The number of hydrogen-bond donors (Lipinski definition) is 0. The summed E-state index contributed by atoms with van der Waals surface area (Å²) in [5.74, 6) is -0.458. The van der Waals surface area contributed by atoms with Gasteiger partial charge in [-0.1, -0.05) is 83.8 Å². The molecule has 0 aromatic rings. The fourth-order valence-corrected chi connectivity index (χ4v) is 2.78. The first-order valence-corrected chi connectivity index (χ1v) is 11.2. The number of hydrogen-bond acceptors (Lipinski definition) is 4. The average Bonchev–Trinajstić information content (AvgIpc) is 2.66. The molecule has 158 valence electrons. The predicted octanol–water partition coefficient (Wildman–Crippen LogP) is 6.52. The minimum Gasteiger partial charge on any atom is -0.466 e. The fraction of sp³-hybridized carbons (Fsp3) is 0.826. The fourth-order valence-electron chi connectivity index (χ4n) is 2.78. The van der Waals surface area contributed by atoms with E-state index in [1.54, 1.807) is 0 Å². The lowest BCUT2D eigenvalue weighted by molar-refractivity contribution is -0.145. The molecule has 0 aliphatic heterocycles. The van der Waals surface area contributed by atoms with Gasteiger partial charge in [-0.15, -0.1) is 0 Å². The van der Waals surface area contributed by atoms with E-state index >= 15 is 0 Å². The summed E-state index contributed by atoms with van der Waals surface area (Å²) >= 11 is 0. The molecule has 0 unspecified atom stereocenters. The van der Waals surface area contributed by atoms with Crippen LogP contribution in [0.1, 0.15) is 110 Å². The molecule has 0 amide bonds. The molecule has 0 N–H and O–H groups in total. The Hall–Kier alpha value is -1.32. The summed E-state index contributed by atoms with van der Waals surface area (Å²) in [6, 6.07) is 0. The van der Waals surface area contributed by atoms with E-state index in [9.17, 15) is 9.59 Å². The topological polar surface area (TPSA) is 52.6 Å². The van der Waals surface area contributed by atoms with Crippen molar-refractivity contribution in [2.24, 2.45) is 0 Å². The maximum absolute atomic E-state index is 11.6. The van der Waals surface area contributed by atoms with Gasteiger partial charge in [-0.2, -0.15) is 0 Å². The number of esters is 2. The van der Waals surface area contributed by atoms with Crippen molar-refractivity contribution < 1.29 is 19.1 Å². The van der Waals surface area contributed by atoms with Crippen molar-refractivity contribution in [3.8, 4) is 0 Å². The van der Waals surface area contributed by atoms with Crippen LogP contribution < -0.4 is 0 Å². The molecule has 4 heteroatoms.